The van der Waals surface area contributed by atoms with Crippen molar-refractivity contribution in [2.45, 2.75) is 6.10 Å². The number of hydrogen-bond acceptors (Lipinski definition) is 5. The molecule has 6 nitrogen and oxygen atoms in total. The SMILES string of the molecule is COc1ccc(C(=O)NCC(O)CO)c(O)c1. The van der Waals surface area contributed by atoms with Gasteiger partial charge in [-0.15, -0.1) is 0 Å². The van der Waals surface area contributed by atoms with Crippen LogP contribution in [-0.2, 0) is 0 Å². The maximum absolute atomic E-state index is 11.6. The molecule has 1 rings (SSSR count). The molecule has 0 heterocycles. The van der Waals surface area contributed by atoms with Crippen LogP contribution in [0, 0.1) is 0 Å². The molecule has 1 unspecified atom stereocenters. The average Bonchev–Trinajstić information content (AvgIpc) is 2.35. The van der Waals surface area contributed by atoms with E-state index in [0.29, 0.717) is 5.75 Å². The van der Waals surface area contributed by atoms with Crippen LogP contribution in [0.2, 0.25) is 0 Å². The summed E-state index contributed by atoms with van der Waals surface area (Å²) in [4.78, 5) is 11.6. The number of aliphatic hydroxyl groups excluding tert-OH is 2. The maximum Gasteiger partial charge on any atom is 0.255 e. The minimum absolute atomic E-state index is 0.0796. The summed E-state index contributed by atoms with van der Waals surface area (Å²) < 4.78 is 4.88. The lowest BCUT2D eigenvalue weighted by molar-refractivity contribution is 0.0800. The monoisotopic (exact) mass is 241 g/mol. The minimum atomic E-state index is -1.01. The van der Waals surface area contributed by atoms with Gasteiger partial charge in [0.1, 0.15) is 11.5 Å². The summed E-state index contributed by atoms with van der Waals surface area (Å²) in [6.45, 7) is -0.518. The first-order chi connectivity index (χ1) is 8.08. The Hall–Kier alpha value is -1.79. The zero-order valence-electron chi connectivity index (χ0n) is 9.38. The van der Waals surface area contributed by atoms with Gasteiger partial charge in [-0.3, -0.25) is 4.79 Å². The highest BCUT2D eigenvalue weighted by Gasteiger charge is 2.12. The Morgan fingerprint density at radius 1 is 1.53 bits per heavy atom. The summed E-state index contributed by atoms with van der Waals surface area (Å²) in [6.07, 6.45) is -1.01. The third-order valence-corrected chi connectivity index (χ3v) is 2.16. The van der Waals surface area contributed by atoms with Gasteiger partial charge in [0.2, 0.25) is 0 Å². The van der Waals surface area contributed by atoms with Crippen LogP contribution in [0.3, 0.4) is 0 Å². The highest BCUT2D eigenvalue weighted by molar-refractivity contribution is 5.97. The summed E-state index contributed by atoms with van der Waals surface area (Å²) in [6, 6.07) is 4.27. The Balaban J connectivity index is 2.69. The molecule has 0 aliphatic heterocycles. The second kappa shape index (κ2) is 6.07. The van der Waals surface area contributed by atoms with E-state index in [1.54, 1.807) is 0 Å². The number of carbonyl (C=O) groups is 1. The molecule has 0 bridgehead atoms. The van der Waals surface area contributed by atoms with Gasteiger partial charge in [0.15, 0.2) is 0 Å². The second-order valence-electron chi connectivity index (χ2n) is 3.43. The number of ether oxygens (including phenoxy) is 1. The fourth-order valence-electron chi connectivity index (χ4n) is 1.20. The number of benzene rings is 1. The van der Waals surface area contributed by atoms with E-state index >= 15 is 0 Å². The van der Waals surface area contributed by atoms with Gasteiger partial charge in [-0.1, -0.05) is 0 Å². The molecule has 0 aliphatic rings. The number of amides is 1. The quantitative estimate of drug-likeness (QED) is 0.556. The van der Waals surface area contributed by atoms with E-state index < -0.39 is 18.6 Å². The molecule has 1 atom stereocenters. The first-order valence-corrected chi connectivity index (χ1v) is 5.02. The standard InChI is InChI=1S/C11H15NO5/c1-17-8-2-3-9(10(15)4-8)11(16)12-5-7(14)6-13/h2-4,7,13-15H,5-6H2,1H3,(H,12,16). The Kier molecular flexibility index (Phi) is 4.74. The number of aromatic hydroxyl groups is 1. The number of carbonyl (C=O) groups excluding carboxylic acids is 1. The average molecular weight is 241 g/mol. The number of rotatable bonds is 5. The lowest BCUT2D eigenvalue weighted by Crippen LogP contribution is -2.33. The third-order valence-electron chi connectivity index (χ3n) is 2.16. The summed E-state index contributed by atoms with van der Waals surface area (Å²) in [5.41, 5.74) is 0.0796. The molecule has 0 saturated heterocycles. The Bertz CT molecular complexity index is 393. The van der Waals surface area contributed by atoms with Crippen LogP contribution in [-0.4, -0.2) is 47.6 Å². The molecule has 0 fully saturated rings. The Morgan fingerprint density at radius 2 is 2.24 bits per heavy atom. The molecule has 0 spiro atoms. The van der Waals surface area contributed by atoms with Gasteiger partial charge in [0.05, 0.1) is 25.4 Å². The van der Waals surface area contributed by atoms with Crippen LogP contribution in [0.15, 0.2) is 18.2 Å². The van der Waals surface area contributed by atoms with Crippen LogP contribution in [0.1, 0.15) is 10.4 Å². The molecule has 17 heavy (non-hydrogen) atoms. The third kappa shape index (κ3) is 3.61. The zero-order valence-corrected chi connectivity index (χ0v) is 9.38. The number of hydrogen-bond donors (Lipinski definition) is 4. The van der Waals surface area contributed by atoms with Crippen molar-refractivity contribution in [1.29, 1.82) is 0 Å². The topological polar surface area (TPSA) is 99.0 Å². The molecule has 1 amide bonds. The fourth-order valence-corrected chi connectivity index (χ4v) is 1.20. The maximum atomic E-state index is 11.6. The van der Waals surface area contributed by atoms with Crippen molar-refractivity contribution in [3.05, 3.63) is 23.8 Å². The van der Waals surface area contributed by atoms with Gasteiger partial charge in [-0.05, 0) is 12.1 Å². The van der Waals surface area contributed by atoms with E-state index in [9.17, 15) is 9.90 Å². The van der Waals surface area contributed by atoms with Crippen molar-refractivity contribution in [3.63, 3.8) is 0 Å². The summed E-state index contributed by atoms with van der Waals surface area (Å²) in [7, 11) is 1.45. The molecule has 94 valence electrons. The number of aliphatic hydroxyl groups is 2. The summed E-state index contributed by atoms with van der Waals surface area (Å²) in [5.74, 6) is -0.299. The highest BCUT2D eigenvalue weighted by Crippen LogP contribution is 2.23. The van der Waals surface area contributed by atoms with E-state index in [2.05, 4.69) is 5.32 Å². The second-order valence-corrected chi connectivity index (χ2v) is 3.43. The van der Waals surface area contributed by atoms with Gasteiger partial charge < -0.3 is 25.4 Å². The number of methoxy groups -OCH3 is 1. The largest absolute Gasteiger partial charge is 0.507 e. The summed E-state index contributed by atoms with van der Waals surface area (Å²) in [5, 5.41) is 29.6. The van der Waals surface area contributed by atoms with Crippen LogP contribution >= 0.6 is 0 Å². The Labute approximate surface area is 98.5 Å². The van der Waals surface area contributed by atoms with Gasteiger partial charge in [0, 0.05) is 12.6 Å². The minimum Gasteiger partial charge on any atom is -0.507 e. The molecule has 0 saturated carbocycles. The van der Waals surface area contributed by atoms with E-state index in [1.807, 2.05) is 0 Å². The predicted molar refractivity (Wildman–Crippen MR) is 60.1 cm³/mol. The first-order valence-electron chi connectivity index (χ1n) is 5.02. The number of phenols is 1. The number of phenolic OH excluding ortho intramolecular Hbond substituents is 1. The molecular weight excluding hydrogens is 226 g/mol. The molecule has 0 aliphatic carbocycles. The van der Waals surface area contributed by atoms with Gasteiger partial charge in [0.25, 0.3) is 5.91 Å². The molecule has 1 aromatic carbocycles. The lowest BCUT2D eigenvalue weighted by Gasteiger charge is -2.10. The van der Waals surface area contributed by atoms with Crippen molar-refractivity contribution < 1.29 is 24.9 Å². The lowest BCUT2D eigenvalue weighted by atomic mass is 10.1. The van der Waals surface area contributed by atoms with E-state index in [4.69, 9.17) is 14.9 Å². The van der Waals surface area contributed by atoms with Crippen LogP contribution < -0.4 is 10.1 Å². The van der Waals surface area contributed by atoms with E-state index in [-0.39, 0.29) is 17.9 Å². The van der Waals surface area contributed by atoms with E-state index in [0.717, 1.165) is 0 Å². The predicted octanol–water partition coefficient (Wildman–Crippen LogP) is -0.516. The molecule has 4 N–H and O–H groups in total. The molecule has 6 heteroatoms. The van der Waals surface area contributed by atoms with Gasteiger partial charge in [-0.25, -0.2) is 0 Å². The molecular formula is C11H15NO5. The van der Waals surface area contributed by atoms with Crippen molar-refractivity contribution in [2.75, 3.05) is 20.3 Å². The molecule has 1 aromatic rings. The van der Waals surface area contributed by atoms with Gasteiger partial charge in [-0.2, -0.15) is 0 Å². The van der Waals surface area contributed by atoms with Crippen molar-refractivity contribution in [3.8, 4) is 11.5 Å². The normalized spacial score (nSPS) is 11.9. The van der Waals surface area contributed by atoms with Crippen molar-refractivity contribution >= 4 is 5.91 Å². The number of nitrogens with one attached hydrogen (secondary N) is 1. The Morgan fingerprint density at radius 3 is 2.76 bits per heavy atom. The zero-order chi connectivity index (χ0) is 12.8. The summed E-state index contributed by atoms with van der Waals surface area (Å²) >= 11 is 0. The smallest absolute Gasteiger partial charge is 0.255 e. The molecule has 0 aromatic heterocycles. The van der Waals surface area contributed by atoms with E-state index in [1.165, 1.54) is 25.3 Å². The first kappa shape index (κ1) is 13.3. The highest BCUT2D eigenvalue weighted by atomic mass is 16.5. The van der Waals surface area contributed by atoms with Crippen LogP contribution in [0.25, 0.3) is 0 Å². The van der Waals surface area contributed by atoms with Gasteiger partial charge >= 0.3 is 0 Å². The van der Waals surface area contributed by atoms with Crippen molar-refractivity contribution in [2.24, 2.45) is 0 Å². The van der Waals surface area contributed by atoms with Crippen LogP contribution in [0.5, 0.6) is 11.5 Å². The van der Waals surface area contributed by atoms with Crippen molar-refractivity contribution in [1.82, 2.24) is 5.32 Å². The molecule has 0 radical (unpaired) electrons. The van der Waals surface area contributed by atoms with Crippen LogP contribution in [0.4, 0.5) is 0 Å². The fraction of sp³-hybridized carbons (Fsp3) is 0.364.